The maximum atomic E-state index is 11.9. The van der Waals surface area contributed by atoms with Crippen molar-refractivity contribution in [3.05, 3.63) is 0 Å². The second kappa shape index (κ2) is 5.42. The van der Waals surface area contributed by atoms with Gasteiger partial charge in [-0.1, -0.05) is 0 Å². The molecule has 0 aliphatic carbocycles. The number of rotatable bonds is 3. The van der Waals surface area contributed by atoms with Crippen molar-refractivity contribution < 1.29 is 32.6 Å². The van der Waals surface area contributed by atoms with Gasteiger partial charge in [-0.3, -0.25) is 4.79 Å². The molecule has 0 bridgehead atoms. The molecule has 104 valence electrons. The number of carboxylic acids is 1. The number of nitrogens with zero attached hydrogens (tertiary/aromatic N) is 1. The summed E-state index contributed by atoms with van der Waals surface area (Å²) in [6, 6.07) is -1.75. The number of carbonyl (C=O) groups excluding carboxylic acids is 1. The van der Waals surface area contributed by atoms with Crippen LogP contribution in [0.5, 0.6) is 0 Å². The van der Waals surface area contributed by atoms with E-state index >= 15 is 0 Å². The fourth-order valence-electron chi connectivity index (χ4n) is 1.61. The maximum Gasteiger partial charge on any atom is 0.405 e. The smallest absolute Gasteiger partial charge is 0.405 e. The van der Waals surface area contributed by atoms with Crippen molar-refractivity contribution >= 4 is 12.0 Å². The number of ether oxygens (including phenoxy) is 1. The van der Waals surface area contributed by atoms with Crippen molar-refractivity contribution in [3.8, 4) is 0 Å². The van der Waals surface area contributed by atoms with E-state index in [9.17, 15) is 22.8 Å². The number of carbonyl (C=O) groups is 2. The molecule has 0 aromatic rings. The molecule has 2 N–H and O–H groups in total. The summed E-state index contributed by atoms with van der Waals surface area (Å²) in [5.74, 6) is -2.07. The Morgan fingerprint density at radius 1 is 1.44 bits per heavy atom. The van der Waals surface area contributed by atoms with E-state index in [2.05, 4.69) is 0 Å². The van der Waals surface area contributed by atoms with Crippen LogP contribution in [0.25, 0.3) is 0 Å². The average Bonchev–Trinajstić information content (AvgIpc) is 2.72. The predicted molar refractivity (Wildman–Crippen MR) is 52.9 cm³/mol. The minimum Gasteiger partial charge on any atom is -0.481 e. The van der Waals surface area contributed by atoms with Gasteiger partial charge >= 0.3 is 18.2 Å². The van der Waals surface area contributed by atoms with Crippen molar-refractivity contribution in [3.63, 3.8) is 0 Å². The fraction of sp³-hybridized carbons (Fsp3) is 0.778. The molecule has 9 heteroatoms. The lowest BCUT2D eigenvalue weighted by atomic mass is 10.0. The van der Waals surface area contributed by atoms with Crippen LogP contribution in [0.2, 0.25) is 0 Å². The monoisotopic (exact) mass is 270 g/mol. The highest BCUT2D eigenvalue weighted by Crippen LogP contribution is 2.19. The molecule has 2 atom stereocenters. The number of carboxylic acid groups (broad SMARTS) is 1. The number of hydrogen-bond acceptors (Lipinski definition) is 3. The molecule has 6 nitrogen and oxygen atoms in total. The zero-order valence-electron chi connectivity index (χ0n) is 9.53. The number of alkyl halides is 3. The maximum absolute atomic E-state index is 11.9. The van der Waals surface area contributed by atoms with Gasteiger partial charge in [-0.05, 0) is 0 Å². The van der Waals surface area contributed by atoms with Crippen LogP contribution in [0.1, 0.15) is 0 Å². The topological polar surface area (TPSA) is 78.9 Å². The molecule has 2 unspecified atom stereocenters. The Bertz CT molecular complexity index is 334. The standard InChI is InChI=1S/C9H13F3N2O4/c1-14(8(17)13-4-9(10,11)12)6-3-18-2-5(6)7(15)16/h5-6H,2-4H2,1H3,(H,13,17)(H,15,16). The molecular weight excluding hydrogens is 257 g/mol. The molecule has 0 aromatic carbocycles. The molecule has 0 aromatic heterocycles. The number of halogens is 3. The molecule has 1 saturated heterocycles. The first-order valence-corrected chi connectivity index (χ1v) is 5.10. The molecule has 0 radical (unpaired) electrons. The average molecular weight is 270 g/mol. The zero-order valence-corrected chi connectivity index (χ0v) is 9.53. The minimum atomic E-state index is -4.51. The Labute approximate surface area is 101 Å². The van der Waals surface area contributed by atoms with E-state index in [0.717, 1.165) is 4.90 Å². The van der Waals surface area contributed by atoms with E-state index in [1.807, 2.05) is 0 Å². The van der Waals surface area contributed by atoms with Gasteiger partial charge in [0.05, 0.1) is 19.3 Å². The number of amides is 2. The minimum absolute atomic E-state index is 0.00704. The lowest BCUT2D eigenvalue weighted by Gasteiger charge is -2.26. The van der Waals surface area contributed by atoms with Crippen molar-refractivity contribution in [2.24, 2.45) is 5.92 Å². The number of hydrogen-bond donors (Lipinski definition) is 2. The van der Waals surface area contributed by atoms with Crippen LogP contribution in [-0.2, 0) is 9.53 Å². The first-order valence-electron chi connectivity index (χ1n) is 5.10. The van der Waals surface area contributed by atoms with Crippen molar-refractivity contribution in [1.82, 2.24) is 10.2 Å². The fourth-order valence-corrected chi connectivity index (χ4v) is 1.61. The summed E-state index contributed by atoms with van der Waals surface area (Å²) in [4.78, 5) is 23.2. The molecule has 18 heavy (non-hydrogen) atoms. The zero-order chi connectivity index (χ0) is 13.9. The van der Waals surface area contributed by atoms with Gasteiger partial charge in [0, 0.05) is 7.05 Å². The van der Waals surface area contributed by atoms with Crippen molar-refractivity contribution in [2.75, 3.05) is 26.8 Å². The molecule has 1 heterocycles. The van der Waals surface area contributed by atoms with Crippen LogP contribution < -0.4 is 5.32 Å². The summed E-state index contributed by atoms with van der Waals surface area (Å²) < 4.78 is 40.7. The summed E-state index contributed by atoms with van der Waals surface area (Å²) in [7, 11) is 1.24. The van der Waals surface area contributed by atoms with E-state index in [0.29, 0.717) is 0 Å². The highest BCUT2D eigenvalue weighted by atomic mass is 19.4. The number of urea groups is 1. The SMILES string of the molecule is CN(C(=O)NCC(F)(F)F)C1COCC1C(=O)O. The Morgan fingerprint density at radius 3 is 2.56 bits per heavy atom. The third-order valence-corrected chi connectivity index (χ3v) is 2.63. The van der Waals surface area contributed by atoms with Crippen LogP contribution >= 0.6 is 0 Å². The Kier molecular flexibility index (Phi) is 4.38. The van der Waals surface area contributed by atoms with E-state index in [1.54, 1.807) is 5.32 Å². The van der Waals surface area contributed by atoms with Crippen LogP contribution in [0.15, 0.2) is 0 Å². The van der Waals surface area contributed by atoms with Crippen LogP contribution in [0, 0.1) is 5.92 Å². The van der Waals surface area contributed by atoms with E-state index in [4.69, 9.17) is 9.84 Å². The summed E-state index contributed by atoms with van der Waals surface area (Å²) >= 11 is 0. The third-order valence-electron chi connectivity index (χ3n) is 2.63. The van der Waals surface area contributed by atoms with Crippen molar-refractivity contribution in [1.29, 1.82) is 0 Å². The van der Waals surface area contributed by atoms with Gasteiger partial charge in [-0.15, -0.1) is 0 Å². The predicted octanol–water partition coefficient (Wildman–Crippen LogP) is 0.290. The summed E-state index contributed by atoms with van der Waals surface area (Å²) in [5, 5.41) is 10.5. The lowest BCUT2D eigenvalue weighted by molar-refractivity contribution is -0.142. The van der Waals surface area contributed by atoms with Crippen LogP contribution in [0.3, 0.4) is 0 Å². The van der Waals surface area contributed by atoms with E-state index in [1.165, 1.54) is 7.05 Å². The van der Waals surface area contributed by atoms with Crippen molar-refractivity contribution in [2.45, 2.75) is 12.2 Å². The Hall–Kier alpha value is -1.51. The molecule has 1 fully saturated rings. The number of likely N-dealkylation sites (N-methyl/N-ethyl adjacent to an activating group) is 1. The molecule has 1 rings (SSSR count). The Balaban J connectivity index is 2.55. The van der Waals surface area contributed by atoms with Gasteiger partial charge in [0.2, 0.25) is 0 Å². The normalized spacial score (nSPS) is 23.8. The molecule has 2 amide bonds. The molecular formula is C9H13F3N2O4. The number of nitrogens with one attached hydrogen (secondary N) is 1. The first kappa shape index (κ1) is 14.6. The second-order valence-electron chi connectivity index (χ2n) is 3.93. The van der Waals surface area contributed by atoms with E-state index < -0.39 is 36.7 Å². The molecule has 0 spiro atoms. The van der Waals surface area contributed by atoms with E-state index in [-0.39, 0.29) is 13.2 Å². The van der Waals surface area contributed by atoms with Gasteiger partial charge in [-0.25, -0.2) is 4.79 Å². The highest BCUT2D eigenvalue weighted by Gasteiger charge is 2.39. The van der Waals surface area contributed by atoms with Crippen LogP contribution in [-0.4, -0.2) is 61.0 Å². The molecule has 1 aliphatic heterocycles. The highest BCUT2D eigenvalue weighted by molar-refractivity contribution is 5.77. The largest absolute Gasteiger partial charge is 0.481 e. The molecule has 0 saturated carbocycles. The quantitative estimate of drug-likeness (QED) is 0.772. The lowest BCUT2D eigenvalue weighted by Crippen LogP contribution is -2.50. The van der Waals surface area contributed by atoms with Gasteiger partial charge in [-0.2, -0.15) is 13.2 Å². The first-order chi connectivity index (χ1) is 8.22. The van der Waals surface area contributed by atoms with Gasteiger partial charge in [0.1, 0.15) is 12.5 Å². The molecule has 1 aliphatic rings. The van der Waals surface area contributed by atoms with Gasteiger partial charge in [0.25, 0.3) is 0 Å². The summed E-state index contributed by atoms with van der Waals surface area (Å²) in [6.45, 7) is -1.52. The van der Waals surface area contributed by atoms with Gasteiger partial charge in [0.15, 0.2) is 0 Å². The van der Waals surface area contributed by atoms with Gasteiger partial charge < -0.3 is 20.1 Å². The Morgan fingerprint density at radius 2 is 2.06 bits per heavy atom. The third kappa shape index (κ3) is 3.76. The summed E-state index contributed by atoms with van der Waals surface area (Å²) in [5.41, 5.74) is 0. The summed E-state index contributed by atoms with van der Waals surface area (Å²) in [6.07, 6.45) is -4.51. The van der Waals surface area contributed by atoms with Crippen LogP contribution in [0.4, 0.5) is 18.0 Å². The number of aliphatic carboxylic acids is 1. The second-order valence-corrected chi connectivity index (χ2v) is 3.93.